The third kappa shape index (κ3) is 2.89. The van der Waals surface area contributed by atoms with Crippen LogP contribution in [0.1, 0.15) is 25.7 Å². The number of amidine groups is 1. The maximum absolute atomic E-state index is 12.4. The second-order valence-electron chi connectivity index (χ2n) is 4.83. The second-order valence-corrected chi connectivity index (χ2v) is 6.95. The molecular formula is C12H16ClN3O3S. The van der Waals surface area contributed by atoms with Gasteiger partial charge >= 0.3 is 0 Å². The summed E-state index contributed by atoms with van der Waals surface area (Å²) in [6.07, 6.45) is 2.66. The van der Waals surface area contributed by atoms with Gasteiger partial charge in [-0.1, -0.05) is 29.6 Å². The van der Waals surface area contributed by atoms with Gasteiger partial charge in [0.15, 0.2) is 5.84 Å². The first-order valence-corrected chi connectivity index (χ1v) is 8.03. The number of nitrogens with one attached hydrogen (secondary N) is 1. The number of hydrogen-bond donors (Lipinski definition) is 3. The average Bonchev–Trinajstić information content (AvgIpc) is 2.87. The van der Waals surface area contributed by atoms with Crippen LogP contribution in [0.2, 0.25) is 5.02 Å². The summed E-state index contributed by atoms with van der Waals surface area (Å²) < 4.78 is 27.3. The zero-order chi connectivity index (χ0) is 14.8. The van der Waals surface area contributed by atoms with Crippen LogP contribution >= 0.6 is 11.6 Å². The number of halogens is 1. The van der Waals surface area contributed by atoms with Gasteiger partial charge in [-0.2, -0.15) is 4.72 Å². The molecule has 0 saturated heterocycles. The molecule has 1 fully saturated rings. The Bertz CT molecular complexity index is 607. The average molecular weight is 318 g/mol. The summed E-state index contributed by atoms with van der Waals surface area (Å²) in [6, 6.07) is 5.83. The van der Waals surface area contributed by atoms with Crippen molar-refractivity contribution in [2.75, 3.05) is 0 Å². The highest BCUT2D eigenvalue weighted by Crippen LogP contribution is 2.31. The molecule has 0 aromatic heterocycles. The molecule has 0 spiro atoms. The summed E-state index contributed by atoms with van der Waals surface area (Å²) in [7, 11) is -3.75. The van der Waals surface area contributed by atoms with E-state index in [2.05, 4.69) is 9.88 Å². The van der Waals surface area contributed by atoms with Crippen LogP contribution in [0.3, 0.4) is 0 Å². The smallest absolute Gasteiger partial charge is 0.241 e. The molecule has 0 aliphatic heterocycles. The normalized spacial score (nSPS) is 19.1. The fourth-order valence-electron chi connectivity index (χ4n) is 2.41. The molecule has 1 aromatic carbocycles. The van der Waals surface area contributed by atoms with Crippen molar-refractivity contribution in [1.29, 1.82) is 0 Å². The van der Waals surface area contributed by atoms with Crippen LogP contribution in [0.25, 0.3) is 0 Å². The minimum absolute atomic E-state index is 0.0962. The molecule has 20 heavy (non-hydrogen) atoms. The van der Waals surface area contributed by atoms with Crippen molar-refractivity contribution in [3.05, 3.63) is 29.3 Å². The Labute approximate surface area is 122 Å². The summed E-state index contributed by atoms with van der Waals surface area (Å²) >= 11 is 5.74. The first kappa shape index (κ1) is 15.1. The molecule has 1 saturated carbocycles. The van der Waals surface area contributed by atoms with Gasteiger partial charge in [0.2, 0.25) is 10.0 Å². The van der Waals surface area contributed by atoms with E-state index in [4.69, 9.17) is 22.5 Å². The Morgan fingerprint density at radius 1 is 1.30 bits per heavy atom. The monoisotopic (exact) mass is 317 g/mol. The zero-order valence-electron chi connectivity index (χ0n) is 10.7. The van der Waals surface area contributed by atoms with Gasteiger partial charge in [0.1, 0.15) is 0 Å². The van der Waals surface area contributed by atoms with Gasteiger partial charge in [-0.25, -0.2) is 8.42 Å². The third-order valence-electron chi connectivity index (χ3n) is 3.51. The Hall–Kier alpha value is -1.31. The van der Waals surface area contributed by atoms with Gasteiger partial charge in [-0.05, 0) is 37.1 Å². The van der Waals surface area contributed by atoms with Crippen molar-refractivity contribution < 1.29 is 13.6 Å². The summed E-state index contributed by atoms with van der Waals surface area (Å²) in [5.41, 5.74) is 4.67. The highest BCUT2D eigenvalue weighted by atomic mass is 35.5. The number of oxime groups is 1. The van der Waals surface area contributed by atoms with Crippen molar-refractivity contribution >= 4 is 27.5 Å². The van der Waals surface area contributed by atoms with Gasteiger partial charge in [0.25, 0.3) is 0 Å². The van der Waals surface area contributed by atoms with Crippen molar-refractivity contribution in [3.8, 4) is 0 Å². The lowest BCUT2D eigenvalue weighted by Crippen LogP contribution is -2.55. The lowest BCUT2D eigenvalue weighted by atomic mass is 9.98. The molecule has 1 aliphatic rings. The van der Waals surface area contributed by atoms with Gasteiger partial charge in [-0.15, -0.1) is 0 Å². The zero-order valence-corrected chi connectivity index (χ0v) is 12.3. The maximum atomic E-state index is 12.4. The fraction of sp³-hybridized carbons (Fsp3) is 0.417. The van der Waals surface area contributed by atoms with Crippen molar-refractivity contribution in [3.63, 3.8) is 0 Å². The van der Waals surface area contributed by atoms with Crippen LogP contribution < -0.4 is 10.5 Å². The number of benzene rings is 1. The van der Waals surface area contributed by atoms with Crippen molar-refractivity contribution in [2.45, 2.75) is 36.1 Å². The number of hydrogen-bond acceptors (Lipinski definition) is 4. The first-order valence-electron chi connectivity index (χ1n) is 6.17. The van der Waals surface area contributed by atoms with Gasteiger partial charge in [0, 0.05) is 5.02 Å². The maximum Gasteiger partial charge on any atom is 0.241 e. The minimum Gasteiger partial charge on any atom is -0.409 e. The number of sulfonamides is 1. The Morgan fingerprint density at radius 3 is 2.35 bits per heavy atom. The van der Waals surface area contributed by atoms with E-state index in [0.29, 0.717) is 17.9 Å². The highest BCUT2D eigenvalue weighted by Gasteiger charge is 2.42. The van der Waals surface area contributed by atoms with E-state index in [0.717, 1.165) is 12.8 Å². The van der Waals surface area contributed by atoms with Gasteiger partial charge in [-0.3, -0.25) is 0 Å². The van der Waals surface area contributed by atoms with E-state index in [-0.39, 0.29) is 10.7 Å². The van der Waals surface area contributed by atoms with Crippen LogP contribution in [-0.4, -0.2) is 25.0 Å². The molecule has 4 N–H and O–H groups in total. The Balaban J connectivity index is 2.33. The quantitative estimate of drug-likeness (QED) is 0.340. The van der Waals surface area contributed by atoms with Gasteiger partial charge < -0.3 is 10.9 Å². The summed E-state index contributed by atoms with van der Waals surface area (Å²) in [4.78, 5) is 0.0962. The molecule has 0 bridgehead atoms. The molecule has 0 atom stereocenters. The van der Waals surface area contributed by atoms with Crippen LogP contribution in [0, 0.1) is 0 Å². The molecule has 6 nitrogen and oxygen atoms in total. The predicted molar refractivity (Wildman–Crippen MR) is 76.4 cm³/mol. The van der Waals surface area contributed by atoms with E-state index in [1.807, 2.05) is 0 Å². The molecule has 1 aliphatic carbocycles. The molecule has 2 rings (SSSR count). The molecule has 0 radical (unpaired) electrons. The molecule has 0 heterocycles. The topological polar surface area (TPSA) is 105 Å². The highest BCUT2D eigenvalue weighted by molar-refractivity contribution is 7.89. The lowest BCUT2D eigenvalue weighted by Gasteiger charge is -2.28. The SMILES string of the molecule is N/C(=N/O)C1(NS(=O)(=O)c2ccc(Cl)cc2)CCCC1. The molecule has 0 amide bonds. The molecule has 8 heteroatoms. The summed E-state index contributed by atoms with van der Waals surface area (Å²) in [5, 5.41) is 12.3. The number of rotatable bonds is 4. The van der Waals surface area contributed by atoms with Crippen LogP contribution in [0.5, 0.6) is 0 Å². The van der Waals surface area contributed by atoms with E-state index < -0.39 is 15.6 Å². The first-order chi connectivity index (χ1) is 9.39. The molecule has 0 unspecified atom stereocenters. The van der Waals surface area contributed by atoms with E-state index >= 15 is 0 Å². The van der Waals surface area contributed by atoms with Crippen LogP contribution in [0.15, 0.2) is 34.3 Å². The molecular weight excluding hydrogens is 302 g/mol. The lowest BCUT2D eigenvalue weighted by molar-refractivity contribution is 0.309. The third-order valence-corrected chi connectivity index (χ3v) is 5.31. The second kappa shape index (κ2) is 5.59. The minimum atomic E-state index is -3.75. The van der Waals surface area contributed by atoms with Crippen molar-refractivity contribution in [2.24, 2.45) is 10.9 Å². The van der Waals surface area contributed by atoms with E-state index in [1.165, 1.54) is 24.3 Å². The van der Waals surface area contributed by atoms with Crippen molar-refractivity contribution in [1.82, 2.24) is 4.72 Å². The Morgan fingerprint density at radius 2 is 1.85 bits per heavy atom. The predicted octanol–water partition coefficient (Wildman–Crippen LogP) is 1.68. The summed E-state index contributed by atoms with van der Waals surface area (Å²) in [6.45, 7) is 0. The van der Waals surface area contributed by atoms with Gasteiger partial charge in [0.05, 0.1) is 10.4 Å². The standard InChI is InChI=1S/C12H16ClN3O3S/c13-9-3-5-10(6-4-9)20(18,19)16-12(11(14)15-17)7-1-2-8-12/h3-6,16-17H,1-2,7-8H2,(H2,14,15). The summed E-state index contributed by atoms with van der Waals surface area (Å²) in [5.74, 6) is -0.104. The molecule has 1 aromatic rings. The number of nitrogens with zero attached hydrogens (tertiary/aromatic N) is 1. The van der Waals surface area contributed by atoms with Crippen LogP contribution in [-0.2, 0) is 10.0 Å². The van der Waals surface area contributed by atoms with E-state index in [1.54, 1.807) is 0 Å². The molecule has 110 valence electrons. The van der Waals surface area contributed by atoms with E-state index in [9.17, 15) is 8.42 Å². The number of nitrogens with two attached hydrogens (primary N) is 1. The largest absolute Gasteiger partial charge is 0.409 e. The Kier molecular flexibility index (Phi) is 4.22. The fourth-order valence-corrected chi connectivity index (χ4v) is 3.98. The van der Waals surface area contributed by atoms with Crippen LogP contribution in [0.4, 0.5) is 0 Å².